The second-order valence-electron chi connectivity index (χ2n) is 6.19. The number of halogens is 1. The van der Waals surface area contributed by atoms with Crippen molar-refractivity contribution in [2.75, 3.05) is 32.1 Å². The summed E-state index contributed by atoms with van der Waals surface area (Å²) in [6, 6.07) is 8.08. The molecule has 0 saturated carbocycles. The van der Waals surface area contributed by atoms with Crippen molar-refractivity contribution in [1.29, 1.82) is 0 Å². The quantitative estimate of drug-likeness (QED) is 0.473. The number of fused-ring (bicyclic) bond motifs is 1. The highest BCUT2D eigenvalue weighted by Crippen LogP contribution is 2.27. The van der Waals surface area contributed by atoms with E-state index in [2.05, 4.69) is 28.6 Å². The molecule has 2 N–H and O–H groups in total. The van der Waals surface area contributed by atoms with Crippen molar-refractivity contribution < 1.29 is 4.74 Å². The molecule has 0 aliphatic heterocycles. The fourth-order valence-electron chi connectivity index (χ4n) is 2.82. The third-order valence-corrected chi connectivity index (χ3v) is 4.22. The summed E-state index contributed by atoms with van der Waals surface area (Å²) in [6.45, 7) is 5.50. The molecular weight excluding hydrogens is 378 g/mol. The fourth-order valence-corrected chi connectivity index (χ4v) is 2.82. The minimum absolute atomic E-state index is 0. The van der Waals surface area contributed by atoms with Crippen LogP contribution in [0.5, 0.6) is 5.75 Å². The third kappa shape index (κ3) is 7.61. The van der Waals surface area contributed by atoms with Gasteiger partial charge in [-0.25, -0.2) is 0 Å². The molecule has 0 atom stereocenters. The Balaban J connectivity index is 0.00000312. The van der Waals surface area contributed by atoms with Crippen LogP contribution in [0.4, 0.5) is 5.69 Å². The van der Waals surface area contributed by atoms with Crippen molar-refractivity contribution >= 4 is 33.6 Å². The van der Waals surface area contributed by atoms with E-state index in [0.717, 1.165) is 42.0 Å². The number of benzene rings is 1. The fraction of sp³-hybridized carbons (Fsp3) is 0.550. The van der Waals surface area contributed by atoms with Crippen molar-refractivity contribution in [1.82, 2.24) is 10.3 Å². The summed E-state index contributed by atoms with van der Waals surface area (Å²) in [5.74, 6) is 0.870. The van der Waals surface area contributed by atoms with Gasteiger partial charge in [-0.05, 0) is 44.5 Å². The number of methoxy groups -OCH3 is 1. The van der Waals surface area contributed by atoms with Gasteiger partial charge in [-0.15, -0.1) is 17.0 Å². The highest BCUT2D eigenvalue weighted by molar-refractivity contribution is 8.93. The van der Waals surface area contributed by atoms with Crippen LogP contribution >= 0.6 is 17.0 Å². The monoisotopic (exact) mass is 409 g/mol. The van der Waals surface area contributed by atoms with Crippen LogP contribution in [0.3, 0.4) is 0 Å². The summed E-state index contributed by atoms with van der Waals surface area (Å²) in [6.07, 6.45) is 9.41. The lowest BCUT2D eigenvalue weighted by molar-refractivity contribution is 0.415. The van der Waals surface area contributed by atoms with Crippen molar-refractivity contribution in [2.24, 2.45) is 0 Å². The average molecular weight is 410 g/mol. The van der Waals surface area contributed by atoms with Crippen molar-refractivity contribution in [3.63, 3.8) is 0 Å². The molecule has 1 aromatic carbocycles. The second-order valence-corrected chi connectivity index (χ2v) is 6.19. The zero-order valence-electron chi connectivity index (χ0n) is 15.5. The Bertz CT molecular complexity index is 607. The molecule has 0 unspecified atom stereocenters. The lowest BCUT2D eigenvalue weighted by Gasteiger charge is -2.11. The van der Waals surface area contributed by atoms with E-state index in [0.29, 0.717) is 0 Å². The van der Waals surface area contributed by atoms with E-state index in [1.165, 1.54) is 38.5 Å². The highest BCUT2D eigenvalue weighted by Gasteiger charge is 2.05. The lowest BCUT2D eigenvalue weighted by atomic mass is 10.1. The van der Waals surface area contributed by atoms with Gasteiger partial charge in [0.2, 0.25) is 0 Å². The Hall–Kier alpha value is -1.33. The standard InChI is InChI=1S/C20H31N3O.BrH/c1-3-4-6-11-21-12-7-5-8-13-22-19-16-18(24-2)15-17-10-9-14-23-20(17)19;/h9-10,14-16,21-22H,3-8,11-13H2,1-2H3;1H. The van der Waals surface area contributed by atoms with Gasteiger partial charge in [0.05, 0.1) is 18.3 Å². The van der Waals surface area contributed by atoms with E-state index < -0.39 is 0 Å². The van der Waals surface area contributed by atoms with Gasteiger partial charge in [-0.1, -0.05) is 32.3 Å². The number of nitrogens with zero attached hydrogens (tertiary/aromatic N) is 1. The first-order valence-electron chi connectivity index (χ1n) is 9.22. The summed E-state index contributed by atoms with van der Waals surface area (Å²) in [4.78, 5) is 4.49. The number of aromatic nitrogens is 1. The van der Waals surface area contributed by atoms with E-state index in [9.17, 15) is 0 Å². The molecule has 1 aromatic heterocycles. The maximum absolute atomic E-state index is 5.39. The highest BCUT2D eigenvalue weighted by atomic mass is 79.9. The molecule has 0 spiro atoms. The molecule has 0 fully saturated rings. The summed E-state index contributed by atoms with van der Waals surface area (Å²) >= 11 is 0. The molecular formula is C20H32BrN3O. The summed E-state index contributed by atoms with van der Waals surface area (Å²) in [5.41, 5.74) is 2.07. The van der Waals surface area contributed by atoms with Crippen molar-refractivity contribution in [3.05, 3.63) is 30.5 Å². The Labute approximate surface area is 162 Å². The van der Waals surface area contributed by atoms with Gasteiger partial charge in [-0.2, -0.15) is 0 Å². The largest absolute Gasteiger partial charge is 0.497 e. The zero-order valence-corrected chi connectivity index (χ0v) is 17.2. The van der Waals surface area contributed by atoms with Crippen LogP contribution in [0.1, 0.15) is 45.4 Å². The molecule has 4 nitrogen and oxygen atoms in total. The van der Waals surface area contributed by atoms with Crippen LogP contribution in [0.15, 0.2) is 30.5 Å². The van der Waals surface area contributed by atoms with Crippen molar-refractivity contribution in [2.45, 2.75) is 45.4 Å². The molecule has 0 amide bonds. The summed E-state index contributed by atoms with van der Waals surface area (Å²) in [5, 5.41) is 8.15. The van der Waals surface area contributed by atoms with Gasteiger partial charge in [0.1, 0.15) is 5.75 Å². The first kappa shape index (κ1) is 21.7. The van der Waals surface area contributed by atoms with Crippen LogP contribution in [0, 0.1) is 0 Å². The molecule has 0 bridgehead atoms. The minimum Gasteiger partial charge on any atom is -0.497 e. The van der Waals surface area contributed by atoms with E-state index in [1.807, 2.05) is 24.4 Å². The molecule has 2 aromatic rings. The Morgan fingerprint density at radius 3 is 2.52 bits per heavy atom. The number of ether oxygens (including phenoxy) is 1. The molecule has 2 rings (SSSR count). The average Bonchev–Trinajstić information content (AvgIpc) is 2.62. The Morgan fingerprint density at radius 2 is 1.76 bits per heavy atom. The summed E-state index contributed by atoms with van der Waals surface area (Å²) in [7, 11) is 1.70. The van der Waals surface area contributed by atoms with Crippen LogP contribution in [-0.4, -0.2) is 31.7 Å². The Kier molecular flexibility index (Phi) is 11.2. The number of hydrogen-bond donors (Lipinski definition) is 2. The first-order valence-corrected chi connectivity index (χ1v) is 9.22. The molecule has 0 radical (unpaired) electrons. The third-order valence-electron chi connectivity index (χ3n) is 4.22. The second kappa shape index (κ2) is 13.0. The maximum Gasteiger partial charge on any atom is 0.121 e. The molecule has 0 aliphatic carbocycles. The molecule has 0 saturated heterocycles. The first-order chi connectivity index (χ1) is 11.8. The minimum atomic E-state index is 0. The van der Waals surface area contributed by atoms with Gasteiger partial charge in [-0.3, -0.25) is 4.98 Å². The predicted octanol–water partition coefficient (Wildman–Crippen LogP) is 5.18. The van der Waals surface area contributed by atoms with Crippen molar-refractivity contribution in [3.8, 4) is 5.75 Å². The number of unbranched alkanes of at least 4 members (excludes halogenated alkanes) is 4. The van der Waals surface area contributed by atoms with Gasteiger partial charge in [0.15, 0.2) is 0 Å². The molecule has 25 heavy (non-hydrogen) atoms. The van der Waals surface area contributed by atoms with Crippen LogP contribution in [-0.2, 0) is 0 Å². The number of anilines is 1. The number of rotatable bonds is 12. The van der Waals surface area contributed by atoms with Crippen LogP contribution < -0.4 is 15.4 Å². The Morgan fingerprint density at radius 1 is 1.00 bits per heavy atom. The van der Waals surface area contributed by atoms with E-state index in [4.69, 9.17) is 4.74 Å². The molecule has 0 aliphatic rings. The van der Waals surface area contributed by atoms with Crippen LogP contribution in [0.25, 0.3) is 10.9 Å². The SMILES string of the molecule is Br.CCCCCNCCCCCNc1cc(OC)cc2cccnc12. The van der Waals surface area contributed by atoms with Crippen LogP contribution in [0.2, 0.25) is 0 Å². The lowest BCUT2D eigenvalue weighted by Crippen LogP contribution is -2.16. The van der Waals surface area contributed by atoms with Gasteiger partial charge >= 0.3 is 0 Å². The predicted molar refractivity (Wildman–Crippen MR) is 113 cm³/mol. The van der Waals surface area contributed by atoms with Gasteiger partial charge in [0, 0.05) is 24.2 Å². The maximum atomic E-state index is 5.39. The van der Waals surface area contributed by atoms with E-state index >= 15 is 0 Å². The summed E-state index contributed by atoms with van der Waals surface area (Å²) < 4.78 is 5.39. The zero-order chi connectivity index (χ0) is 17.0. The number of hydrogen-bond acceptors (Lipinski definition) is 4. The molecule has 140 valence electrons. The number of nitrogens with one attached hydrogen (secondary N) is 2. The molecule has 1 heterocycles. The van der Waals surface area contributed by atoms with Gasteiger partial charge in [0.25, 0.3) is 0 Å². The number of pyridine rings is 1. The van der Waals surface area contributed by atoms with Gasteiger partial charge < -0.3 is 15.4 Å². The van der Waals surface area contributed by atoms with E-state index in [-0.39, 0.29) is 17.0 Å². The smallest absolute Gasteiger partial charge is 0.121 e. The molecule has 5 heteroatoms. The topological polar surface area (TPSA) is 46.2 Å². The normalized spacial score (nSPS) is 10.5. The van der Waals surface area contributed by atoms with E-state index in [1.54, 1.807) is 7.11 Å².